The fourth-order valence-electron chi connectivity index (χ4n) is 4.04. The molecule has 0 aliphatic rings. The van der Waals surface area contributed by atoms with E-state index in [2.05, 4.69) is 18.0 Å². The highest BCUT2D eigenvalue weighted by Gasteiger charge is 2.13. The number of halogens is 1. The summed E-state index contributed by atoms with van der Waals surface area (Å²) in [6.45, 7) is 2.46. The summed E-state index contributed by atoms with van der Waals surface area (Å²) in [5.74, 6) is -0.300. The summed E-state index contributed by atoms with van der Waals surface area (Å²) in [6, 6.07) is 23.9. The molecule has 0 unspecified atom stereocenters. The molecule has 0 aliphatic carbocycles. The zero-order chi connectivity index (χ0) is 23.9. The Kier molecular flexibility index (Phi) is 7.29. The highest BCUT2D eigenvalue weighted by Crippen LogP contribution is 2.24. The van der Waals surface area contributed by atoms with Gasteiger partial charge in [-0.3, -0.25) is 9.36 Å². The van der Waals surface area contributed by atoms with Crippen LogP contribution in [-0.2, 0) is 19.4 Å². The Morgan fingerprint density at radius 1 is 0.971 bits per heavy atom. The zero-order valence-corrected chi connectivity index (χ0v) is 19.2. The Hall–Kier alpha value is -4.04. The first-order valence-electron chi connectivity index (χ1n) is 11.5. The van der Waals surface area contributed by atoms with Gasteiger partial charge in [0.25, 0.3) is 5.56 Å². The van der Waals surface area contributed by atoms with Gasteiger partial charge in [-0.25, -0.2) is 9.37 Å². The van der Waals surface area contributed by atoms with Crippen molar-refractivity contribution in [3.05, 3.63) is 123 Å². The summed E-state index contributed by atoms with van der Waals surface area (Å²) in [5.41, 5.74) is 5.81. The first kappa shape index (κ1) is 23.1. The standard InChI is InChI=1S/C29H26FN3O/c1-2-3-8-28-27(29(34)33(20-32-28)19-22-11-15-25(30)16-12-22)17-21-9-13-23(14-10-21)26-7-5-4-6-24(26)18-31/h4-7,9-16,20H,2-3,8,17,19H2,1H3. The normalized spacial score (nSPS) is 10.7. The molecule has 4 nitrogen and oxygen atoms in total. The van der Waals surface area contributed by atoms with E-state index in [1.165, 1.54) is 12.1 Å². The molecule has 170 valence electrons. The number of rotatable bonds is 8. The fourth-order valence-corrected chi connectivity index (χ4v) is 4.04. The van der Waals surface area contributed by atoms with Crippen LogP contribution in [-0.4, -0.2) is 9.55 Å². The molecule has 1 aromatic heterocycles. The number of hydrogen-bond donors (Lipinski definition) is 0. The average Bonchev–Trinajstić information content (AvgIpc) is 2.87. The van der Waals surface area contributed by atoms with Crippen molar-refractivity contribution in [1.82, 2.24) is 9.55 Å². The maximum absolute atomic E-state index is 13.4. The number of unbranched alkanes of at least 4 members (excludes halogenated alkanes) is 1. The Balaban J connectivity index is 1.64. The van der Waals surface area contributed by atoms with Crippen LogP contribution in [0.5, 0.6) is 0 Å². The van der Waals surface area contributed by atoms with Gasteiger partial charge in [-0.2, -0.15) is 5.26 Å². The van der Waals surface area contributed by atoms with Crippen molar-refractivity contribution in [3.8, 4) is 17.2 Å². The van der Waals surface area contributed by atoms with Crippen LogP contribution in [0.3, 0.4) is 0 Å². The number of aryl methyl sites for hydroxylation is 1. The molecule has 0 bridgehead atoms. The van der Waals surface area contributed by atoms with Crippen molar-refractivity contribution in [2.24, 2.45) is 0 Å². The second-order valence-electron chi connectivity index (χ2n) is 8.36. The highest BCUT2D eigenvalue weighted by atomic mass is 19.1. The third-order valence-electron chi connectivity index (χ3n) is 5.95. The van der Waals surface area contributed by atoms with Crippen molar-refractivity contribution in [2.75, 3.05) is 0 Å². The Morgan fingerprint density at radius 2 is 1.68 bits per heavy atom. The molecule has 0 amide bonds. The van der Waals surface area contributed by atoms with Gasteiger partial charge >= 0.3 is 0 Å². The molecule has 4 aromatic rings. The minimum Gasteiger partial charge on any atom is -0.295 e. The summed E-state index contributed by atoms with van der Waals surface area (Å²) in [5, 5.41) is 9.39. The maximum Gasteiger partial charge on any atom is 0.257 e. The van der Waals surface area contributed by atoms with Gasteiger partial charge in [0.1, 0.15) is 5.82 Å². The molecular formula is C29H26FN3O. The lowest BCUT2D eigenvalue weighted by molar-refractivity contribution is 0.625. The molecule has 0 saturated carbocycles. The van der Waals surface area contributed by atoms with E-state index in [9.17, 15) is 14.4 Å². The van der Waals surface area contributed by atoms with E-state index in [-0.39, 0.29) is 11.4 Å². The quantitative estimate of drug-likeness (QED) is 0.335. The van der Waals surface area contributed by atoms with Gasteiger partial charge in [0, 0.05) is 12.0 Å². The Morgan fingerprint density at radius 3 is 2.38 bits per heavy atom. The van der Waals surface area contributed by atoms with Crippen LogP contribution in [0.15, 0.2) is 83.9 Å². The molecule has 0 saturated heterocycles. The van der Waals surface area contributed by atoms with Gasteiger partial charge in [0.05, 0.1) is 30.2 Å². The highest BCUT2D eigenvalue weighted by molar-refractivity contribution is 5.70. The van der Waals surface area contributed by atoms with Crippen molar-refractivity contribution >= 4 is 0 Å². The molecule has 1 heterocycles. The number of aromatic nitrogens is 2. The van der Waals surface area contributed by atoms with Crippen LogP contribution >= 0.6 is 0 Å². The molecule has 0 atom stereocenters. The van der Waals surface area contributed by atoms with E-state index in [0.29, 0.717) is 24.1 Å². The molecular weight excluding hydrogens is 425 g/mol. The van der Waals surface area contributed by atoms with Crippen molar-refractivity contribution in [2.45, 2.75) is 39.2 Å². The predicted octanol–water partition coefficient (Wildman–Crippen LogP) is 5.90. The number of hydrogen-bond acceptors (Lipinski definition) is 3. The second kappa shape index (κ2) is 10.7. The van der Waals surface area contributed by atoms with Crippen LogP contribution in [0.4, 0.5) is 4.39 Å². The Labute approximate surface area is 199 Å². The largest absolute Gasteiger partial charge is 0.295 e. The summed E-state index contributed by atoms with van der Waals surface area (Å²) in [6.07, 6.45) is 4.82. The van der Waals surface area contributed by atoms with Crippen LogP contribution in [0.25, 0.3) is 11.1 Å². The topological polar surface area (TPSA) is 58.7 Å². The van der Waals surface area contributed by atoms with Gasteiger partial charge in [-0.15, -0.1) is 0 Å². The minimum atomic E-state index is -0.300. The van der Waals surface area contributed by atoms with Gasteiger partial charge in [0.2, 0.25) is 0 Å². The van der Waals surface area contributed by atoms with E-state index in [4.69, 9.17) is 0 Å². The first-order valence-corrected chi connectivity index (χ1v) is 11.5. The molecule has 0 aliphatic heterocycles. The van der Waals surface area contributed by atoms with E-state index in [1.54, 1.807) is 23.0 Å². The van der Waals surface area contributed by atoms with E-state index in [0.717, 1.165) is 47.2 Å². The van der Waals surface area contributed by atoms with Gasteiger partial charge < -0.3 is 0 Å². The summed E-state index contributed by atoms with van der Waals surface area (Å²) >= 11 is 0. The monoisotopic (exact) mass is 451 g/mol. The van der Waals surface area contributed by atoms with Gasteiger partial charge in [-0.1, -0.05) is 67.9 Å². The lowest BCUT2D eigenvalue weighted by Crippen LogP contribution is -2.27. The minimum absolute atomic E-state index is 0.0654. The van der Waals surface area contributed by atoms with Gasteiger partial charge in [0.15, 0.2) is 0 Å². The third-order valence-corrected chi connectivity index (χ3v) is 5.95. The van der Waals surface area contributed by atoms with E-state index < -0.39 is 0 Å². The summed E-state index contributed by atoms with van der Waals surface area (Å²) in [7, 11) is 0. The van der Waals surface area contributed by atoms with Crippen molar-refractivity contribution < 1.29 is 4.39 Å². The number of nitriles is 1. The fraction of sp³-hybridized carbons (Fsp3) is 0.207. The molecule has 0 spiro atoms. The van der Waals surface area contributed by atoms with Crippen LogP contribution < -0.4 is 5.56 Å². The number of benzene rings is 3. The van der Waals surface area contributed by atoms with Crippen molar-refractivity contribution in [3.63, 3.8) is 0 Å². The zero-order valence-electron chi connectivity index (χ0n) is 19.2. The van der Waals surface area contributed by atoms with Crippen molar-refractivity contribution in [1.29, 1.82) is 5.26 Å². The smallest absolute Gasteiger partial charge is 0.257 e. The summed E-state index contributed by atoms with van der Waals surface area (Å²) < 4.78 is 14.9. The molecule has 0 N–H and O–H groups in total. The lowest BCUT2D eigenvalue weighted by atomic mass is 9.97. The third kappa shape index (κ3) is 5.29. The average molecular weight is 452 g/mol. The summed E-state index contributed by atoms with van der Waals surface area (Å²) in [4.78, 5) is 18.0. The maximum atomic E-state index is 13.4. The second-order valence-corrected chi connectivity index (χ2v) is 8.36. The van der Waals surface area contributed by atoms with E-state index in [1.807, 2.05) is 48.5 Å². The molecule has 34 heavy (non-hydrogen) atoms. The lowest BCUT2D eigenvalue weighted by Gasteiger charge is -2.13. The molecule has 3 aromatic carbocycles. The molecule has 0 radical (unpaired) electrons. The molecule has 5 heteroatoms. The van der Waals surface area contributed by atoms with Crippen LogP contribution in [0.1, 0.15) is 47.7 Å². The first-order chi connectivity index (χ1) is 16.6. The van der Waals surface area contributed by atoms with Crippen LogP contribution in [0.2, 0.25) is 0 Å². The predicted molar refractivity (Wildman–Crippen MR) is 132 cm³/mol. The molecule has 4 rings (SSSR count). The Bertz CT molecular complexity index is 1370. The molecule has 0 fully saturated rings. The number of nitrogens with zero attached hydrogens (tertiary/aromatic N) is 3. The SMILES string of the molecule is CCCCc1ncn(Cc2ccc(F)cc2)c(=O)c1Cc1ccc(-c2ccccc2C#N)cc1. The van der Waals surface area contributed by atoms with E-state index >= 15 is 0 Å². The van der Waals surface area contributed by atoms with Crippen LogP contribution in [0, 0.1) is 17.1 Å². The van der Waals surface area contributed by atoms with Gasteiger partial charge in [-0.05, 0) is 53.3 Å².